The van der Waals surface area contributed by atoms with Crippen LogP contribution >= 0.6 is 11.6 Å². The van der Waals surface area contributed by atoms with E-state index >= 15 is 0 Å². The number of anilines is 1. The van der Waals surface area contributed by atoms with Crippen molar-refractivity contribution in [2.45, 2.75) is 6.54 Å². The number of carbonyl (C=O) groups excluding carboxylic acids is 2. The molecule has 5 rings (SSSR count). The first-order valence-corrected chi connectivity index (χ1v) is 12.2. The Morgan fingerprint density at radius 3 is 2.11 bits per heavy atom. The number of ketones is 1. The van der Waals surface area contributed by atoms with Crippen molar-refractivity contribution in [3.8, 4) is 17.2 Å². The number of nitrogens with one attached hydrogen (secondary N) is 1. The summed E-state index contributed by atoms with van der Waals surface area (Å²) in [5, 5.41) is 5.22. The Hall–Kier alpha value is -4.49. The van der Waals surface area contributed by atoms with Crippen LogP contribution in [0.2, 0.25) is 5.02 Å². The number of rotatable bonds is 8. The molecule has 0 aliphatic rings. The zero-order chi connectivity index (χ0) is 26.8. The second kappa shape index (κ2) is 10.5. The molecule has 0 fully saturated rings. The molecule has 0 saturated heterocycles. The van der Waals surface area contributed by atoms with Crippen molar-refractivity contribution in [1.82, 2.24) is 4.57 Å². The molecule has 4 aromatic carbocycles. The van der Waals surface area contributed by atoms with Crippen molar-refractivity contribution in [3.63, 3.8) is 0 Å². The van der Waals surface area contributed by atoms with E-state index in [1.165, 1.54) is 21.3 Å². The molecule has 0 bridgehead atoms. The monoisotopic (exact) mass is 528 g/mol. The number of Topliss-reactive ketones (excluding diaryl/α,β-unsaturated/α-hetero) is 1. The quantitative estimate of drug-likeness (QED) is 0.188. The van der Waals surface area contributed by atoms with Crippen LogP contribution in [0.25, 0.3) is 21.8 Å². The molecule has 0 radical (unpaired) electrons. The van der Waals surface area contributed by atoms with Crippen molar-refractivity contribution in [3.05, 3.63) is 95.0 Å². The van der Waals surface area contributed by atoms with E-state index in [1.807, 2.05) is 54.6 Å². The van der Waals surface area contributed by atoms with Gasteiger partial charge in [-0.3, -0.25) is 9.59 Å². The number of hydrogen-bond donors (Lipinski definition) is 1. The number of methoxy groups -OCH3 is 3. The Labute approximate surface area is 224 Å². The van der Waals surface area contributed by atoms with Gasteiger partial charge in [-0.05, 0) is 42.0 Å². The summed E-state index contributed by atoms with van der Waals surface area (Å²) in [5.41, 5.74) is 3.73. The van der Waals surface area contributed by atoms with Gasteiger partial charge in [0.2, 0.25) is 5.75 Å². The number of aromatic nitrogens is 1. The van der Waals surface area contributed by atoms with Gasteiger partial charge in [-0.2, -0.15) is 0 Å². The fraction of sp³-hybridized carbons (Fsp3) is 0.133. The lowest BCUT2D eigenvalue weighted by Crippen LogP contribution is -2.23. The first kappa shape index (κ1) is 25.2. The average molecular weight is 529 g/mol. The van der Waals surface area contributed by atoms with E-state index < -0.39 is 11.7 Å². The fourth-order valence-electron chi connectivity index (χ4n) is 4.61. The van der Waals surface area contributed by atoms with E-state index in [-0.39, 0.29) is 5.56 Å². The van der Waals surface area contributed by atoms with Crippen LogP contribution in [0.4, 0.5) is 5.69 Å². The zero-order valence-corrected chi connectivity index (χ0v) is 21.8. The highest BCUT2D eigenvalue weighted by molar-refractivity contribution is 6.47. The van der Waals surface area contributed by atoms with Gasteiger partial charge in [-0.15, -0.1) is 0 Å². The second-order valence-corrected chi connectivity index (χ2v) is 9.10. The van der Waals surface area contributed by atoms with E-state index in [4.69, 9.17) is 25.8 Å². The molecular formula is C30H25ClN2O5. The van der Waals surface area contributed by atoms with Gasteiger partial charge in [0.05, 0.1) is 21.3 Å². The SMILES string of the molecule is COc1cc(NC(=O)C(=O)c2ccc3c(c2)c2ccccc2n3Cc2ccc(Cl)cc2)cc(OC)c1OC. The van der Waals surface area contributed by atoms with Crippen LogP contribution in [0.5, 0.6) is 17.2 Å². The number of benzene rings is 4. The van der Waals surface area contributed by atoms with E-state index in [0.29, 0.717) is 34.5 Å². The molecule has 0 atom stereocenters. The van der Waals surface area contributed by atoms with Crippen molar-refractivity contribution >= 4 is 50.8 Å². The largest absolute Gasteiger partial charge is 0.493 e. The number of fused-ring (bicyclic) bond motifs is 3. The number of halogens is 1. The van der Waals surface area contributed by atoms with Gasteiger partial charge in [-0.1, -0.05) is 41.9 Å². The van der Waals surface area contributed by atoms with Gasteiger partial charge < -0.3 is 24.1 Å². The van der Waals surface area contributed by atoms with Crippen molar-refractivity contribution in [2.24, 2.45) is 0 Å². The molecule has 192 valence electrons. The number of carbonyl (C=O) groups is 2. The fourth-order valence-corrected chi connectivity index (χ4v) is 4.74. The minimum atomic E-state index is -0.775. The van der Waals surface area contributed by atoms with E-state index in [0.717, 1.165) is 27.4 Å². The summed E-state index contributed by atoms with van der Waals surface area (Å²) in [6.45, 7) is 0.635. The maximum atomic E-state index is 13.2. The predicted octanol–water partition coefficient (Wildman–Crippen LogP) is 6.34. The molecule has 1 heterocycles. The van der Waals surface area contributed by atoms with Crippen LogP contribution in [-0.4, -0.2) is 37.6 Å². The van der Waals surface area contributed by atoms with Crippen molar-refractivity contribution < 1.29 is 23.8 Å². The van der Waals surface area contributed by atoms with E-state index in [1.54, 1.807) is 24.3 Å². The lowest BCUT2D eigenvalue weighted by molar-refractivity contribution is -0.112. The summed E-state index contributed by atoms with van der Waals surface area (Å²) < 4.78 is 18.2. The summed E-state index contributed by atoms with van der Waals surface area (Å²) in [7, 11) is 4.45. The van der Waals surface area contributed by atoms with Crippen molar-refractivity contribution in [1.29, 1.82) is 0 Å². The number of para-hydroxylation sites is 1. The summed E-state index contributed by atoms with van der Waals surface area (Å²) in [6.07, 6.45) is 0. The Morgan fingerprint density at radius 1 is 0.789 bits per heavy atom. The molecule has 1 N–H and O–H groups in total. The van der Waals surface area contributed by atoms with Crippen LogP contribution < -0.4 is 19.5 Å². The highest BCUT2D eigenvalue weighted by atomic mass is 35.5. The van der Waals surface area contributed by atoms with Crippen LogP contribution in [0.15, 0.2) is 78.9 Å². The Kier molecular flexibility index (Phi) is 6.94. The lowest BCUT2D eigenvalue weighted by Gasteiger charge is -2.14. The highest BCUT2D eigenvalue weighted by Gasteiger charge is 2.21. The maximum Gasteiger partial charge on any atom is 0.296 e. The Morgan fingerprint density at radius 2 is 1.45 bits per heavy atom. The zero-order valence-electron chi connectivity index (χ0n) is 21.1. The minimum Gasteiger partial charge on any atom is -0.493 e. The number of ether oxygens (including phenoxy) is 3. The van der Waals surface area contributed by atoms with Gasteiger partial charge >= 0.3 is 0 Å². The molecule has 1 amide bonds. The molecule has 5 aromatic rings. The molecular weight excluding hydrogens is 504 g/mol. The summed E-state index contributed by atoms with van der Waals surface area (Å²) in [5.74, 6) is -0.312. The lowest BCUT2D eigenvalue weighted by atomic mass is 10.1. The smallest absolute Gasteiger partial charge is 0.296 e. The van der Waals surface area contributed by atoms with Gasteiger partial charge in [0.1, 0.15) is 0 Å². The van der Waals surface area contributed by atoms with Crippen molar-refractivity contribution in [2.75, 3.05) is 26.6 Å². The van der Waals surface area contributed by atoms with E-state index in [9.17, 15) is 9.59 Å². The van der Waals surface area contributed by atoms with Gasteiger partial charge in [0, 0.05) is 56.8 Å². The standard InChI is InChI=1S/C30H25ClN2O5/c1-36-26-15-21(16-27(37-2)29(26)38-3)32-30(35)28(34)19-10-13-25-23(14-19)22-6-4-5-7-24(22)33(25)17-18-8-11-20(31)12-9-18/h4-16H,17H2,1-3H3,(H,32,35). The van der Waals surface area contributed by atoms with Crippen LogP contribution in [0.3, 0.4) is 0 Å². The number of nitrogens with zero attached hydrogens (tertiary/aromatic N) is 1. The predicted molar refractivity (Wildman–Crippen MR) is 149 cm³/mol. The maximum absolute atomic E-state index is 13.2. The molecule has 1 aromatic heterocycles. The highest BCUT2D eigenvalue weighted by Crippen LogP contribution is 2.40. The summed E-state index contributed by atoms with van der Waals surface area (Å²) >= 11 is 6.06. The Bertz CT molecular complexity index is 1650. The normalized spacial score (nSPS) is 10.9. The molecule has 0 aliphatic carbocycles. The summed E-state index contributed by atoms with van der Waals surface area (Å²) in [6, 6.07) is 24.2. The molecule has 0 aliphatic heterocycles. The molecule has 0 spiro atoms. The topological polar surface area (TPSA) is 78.8 Å². The third kappa shape index (κ3) is 4.64. The molecule has 38 heavy (non-hydrogen) atoms. The van der Waals surface area contributed by atoms with Gasteiger partial charge in [-0.25, -0.2) is 0 Å². The van der Waals surface area contributed by atoms with Crippen LogP contribution in [0.1, 0.15) is 15.9 Å². The third-order valence-electron chi connectivity index (χ3n) is 6.42. The summed E-state index contributed by atoms with van der Waals surface area (Å²) in [4.78, 5) is 26.1. The third-order valence-corrected chi connectivity index (χ3v) is 6.67. The van der Waals surface area contributed by atoms with Crippen LogP contribution in [-0.2, 0) is 11.3 Å². The first-order valence-electron chi connectivity index (χ1n) is 11.8. The molecule has 7 nitrogen and oxygen atoms in total. The minimum absolute atomic E-state index is 0.289. The van der Waals surface area contributed by atoms with Gasteiger partial charge in [0.25, 0.3) is 11.7 Å². The average Bonchev–Trinajstić information content (AvgIpc) is 3.25. The second-order valence-electron chi connectivity index (χ2n) is 8.66. The van der Waals surface area contributed by atoms with E-state index in [2.05, 4.69) is 9.88 Å². The van der Waals surface area contributed by atoms with Gasteiger partial charge in [0.15, 0.2) is 11.5 Å². The molecule has 0 unspecified atom stereocenters. The van der Waals surface area contributed by atoms with Crippen LogP contribution in [0, 0.1) is 0 Å². The molecule has 8 heteroatoms. The first-order chi connectivity index (χ1) is 18.4. The number of hydrogen-bond acceptors (Lipinski definition) is 5. The number of amides is 1. The molecule has 0 saturated carbocycles. The Balaban J connectivity index is 1.48.